The summed E-state index contributed by atoms with van der Waals surface area (Å²) in [5.74, 6) is -1.30. The SMILES string of the molecule is COC1C=C(F)C(c2nc3sc4ccccc4n3c2Nc2ccc(F)cc2)=C(F)C1. The monoisotopic (exact) mass is 427 g/mol. The summed E-state index contributed by atoms with van der Waals surface area (Å²) in [4.78, 5) is 5.16. The lowest BCUT2D eigenvalue weighted by Gasteiger charge is -2.18. The van der Waals surface area contributed by atoms with E-state index in [1.54, 1.807) is 12.1 Å². The molecular weight excluding hydrogens is 411 g/mol. The van der Waals surface area contributed by atoms with Crippen LogP contribution in [0.2, 0.25) is 0 Å². The molecule has 4 nitrogen and oxygen atoms in total. The van der Waals surface area contributed by atoms with E-state index in [2.05, 4.69) is 10.3 Å². The van der Waals surface area contributed by atoms with Crippen molar-refractivity contribution < 1.29 is 17.9 Å². The molecule has 1 aliphatic rings. The summed E-state index contributed by atoms with van der Waals surface area (Å²) in [6.45, 7) is 0. The molecule has 0 saturated heterocycles. The predicted molar refractivity (Wildman–Crippen MR) is 113 cm³/mol. The first-order valence-electron chi connectivity index (χ1n) is 9.27. The molecule has 1 aliphatic carbocycles. The molecule has 1 atom stereocenters. The molecule has 5 rings (SSSR count). The molecule has 0 aliphatic heterocycles. The Labute approximate surface area is 173 Å². The van der Waals surface area contributed by atoms with E-state index in [0.29, 0.717) is 16.5 Å². The molecule has 1 unspecified atom stereocenters. The second-order valence-corrected chi connectivity index (χ2v) is 7.91. The van der Waals surface area contributed by atoms with Crippen LogP contribution in [0.15, 0.2) is 66.3 Å². The number of aromatic nitrogens is 2. The van der Waals surface area contributed by atoms with Crippen LogP contribution in [0.25, 0.3) is 20.8 Å². The van der Waals surface area contributed by atoms with E-state index in [1.165, 1.54) is 36.7 Å². The van der Waals surface area contributed by atoms with Crippen molar-refractivity contribution in [1.82, 2.24) is 9.38 Å². The summed E-state index contributed by atoms with van der Waals surface area (Å²) < 4.78 is 51.1. The fraction of sp³-hybridized carbons (Fsp3) is 0.136. The molecule has 0 fully saturated rings. The number of fused-ring (bicyclic) bond motifs is 3. The van der Waals surface area contributed by atoms with Crippen molar-refractivity contribution >= 4 is 43.6 Å². The number of thiazole rings is 1. The molecule has 2 aromatic heterocycles. The lowest BCUT2D eigenvalue weighted by molar-refractivity contribution is 0.133. The fourth-order valence-corrected chi connectivity index (χ4v) is 4.61. The van der Waals surface area contributed by atoms with Gasteiger partial charge in [0.15, 0.2) is 4.96 Å². The summed E-state index contributed by atoms with van der Waals surface area (Å²) in [7, 11) is 1.41. The van der Waals surface area contributed by atoms with E-state index in [0.717, 1.165) is 10.2 Å². The number of benzene rings is 2. The highest BCUT2D eigenvalue weighted by Gasteiger charge is 2.29. The maximum atomic E-state index is 14.9. The second-order valence-electron chi connectivity index (χ2n) is 6.90. The average Bonchev–Trinajstić information content (AvgIpc) is 3.26. The van der Waals surface area contributed by atoms with Crippen molar-refractivity contribution in [2.75, 3.05) is 12.4 Å². The van der Waals surface area contributed by atoms with Crippen LogP contribution in [0.5, 0.6) is 0 Å². The third kappa shape index (κ3) is 3.09. The maximum Gasteiger partial charge on any atom is 0.197 e. The Morgan fingerprint density at radius 2 is 1.87 bits per heavy atom. The Kier molecular flexibility index (Phi) is 4.60. The largest absolute Gasteiger partial charge is 0.377 e. The van der Waals surface area contributed by atoms with Gasteiger partial charge in [-0.15, -0.1) is 0 Å². The number of rotatable bonds is 4. The number of imidazole rings is 1. The molecule has 0 bridgehead atoms. The first-order valence-corrected chi connectivity index (χ1v) is 10.1. The van der Waals surface area contributed by atoms with Crippen molar-refractivity contribution in [3.63, 3.8) is 0 Å². The average molecular weight is 427 g/mol. The molecule has 1 N–H and O–H groups in total. The number of allylic oxidation sites excluding steroid dienone is 2. The molecule has 0 radical (unpaired) electrons. The molecule has 30 heavy (non-hydrogen) atoms. The Hall–Kier alpha value is -3.10. The smallest absolute Gasteiger partial charge is 0.197 e. The van der Waals surface area contributed by atoms with Crippen LogP contribution in [-0.2, 0) is 4.74 Å². The molecule has 2 aromatic carbocycles. The van der Waals surface area contributed by atoms with Crippen LogP contribution < -0.4 is 5.32 Å². The van der Waals surface area contributed by atoms with Crippen molar-refractivity contribution in [3.8, 4) is 0 Å². The maximum absolute atomic E-state index is 14.9. The number of nitrogens with one attached hydrogen (secondary N) is 1. The van der Waals surface area contributed by atoms with E-state index >= 15 is 0 Å². The van der Waals surface area contributed by atoms with Crippen LogP contribution in [0.1, 0.15) is 12.1 Å². The Morgan fingerprint density at radius 1 is 1.10 bits per heavy atom. The summed E-state index contributed by atoms with van der Waals surface area (Å²) in [6.07, 6.45) is 0.527. The van der Waals surface area contributed by atoms with Crippen molar-refractivity contribution in [2.45, 2.75) is 12.5 Å². The van der Waals surface area contributed by atoms with Crippen LogP contribution in [0.3, 0.4) is 0 Å². The number of hydrogen-bond donors (Lipinski definition) is 1. The van der Waals surface area contributed by atoms with Crippen LogP contribution >= 0.6 is 11.3 Å². The van der Waals surface area contributed by atoms with Crippen molar-refractivity contribution in [3.05, 3.63) is 77.8 Å². The van der Waals surface area contributed by atoms with E-state index in [1.807, 2.05) is 28.7 Å². The number of halogens is 3. The molecule has 2 heterocycles. The van der Waals surface area contributed by atoms with Crippen LogP contribution in [0, 0.1) is 5.82 Å². The number of anilines is 2. The fourth-order valence-electron chi connectivity index (χ4n) is 3.58. The molecule has 0 saturated carbocycles. The van der Waals surface area contributed by atoms with Gasteiger partial charge in [-0.3, -0.25) is 4.40 Å². The molecule has 0 amide bonds. The lowest BCUT2D eigenvalue weighted by Crippen LogP contribution is -2.13. The lowest BCUT2D eigenvalue weighted by atomic mass is 9.99. The molecule has 152 valence electrons. The van der Waals surface area contributed by atoms with Gasteiger partial charge in [-0.25, -0.2) is 18.2 Å². The zero-order chi connectivity index (χ0) is 20.8. The van der Waals surface area contributed by atoms with Gasteiger partial charge in [-0.05, 0) is 42.5 Å². The minimum atomic E-state index is -0.720. The quantitative estimate of drug-likeness (QED) is 0.410. The highest BCUT2D eigenvalue weighted by atomic mass is 32.1. The molecule has 0 spiro atoms. The highest BCUT2D eigenvalue weighted by molar-refractivity contribution is 7.23. The number of nitrogens with zero attached hydrogens (tertiary/aromatic N) is 2. The third-order valence-electron chi connectivity index (χ3n) is 5.02. The second kappa shape index (κ2) is 7.30. The van der Waals surface area contributed by atoms with Gasteiger partial charge in [-0.1, -0.05) is 23.5 Å². The number of hydrogen-bond acceptors (Lipinski definition) is 4. The standard InChI is InChI=1S/C22H16F3N3OS/c1-29-14-10-15(24)19(16(25)11-14)20-21(26-13-8-6-12(23)7-9-13)28-17-4-2-3-5-18(17)30-22(28)27-20/h2-10,14,26H,11H2,1H3. The van der Waals surface area contributed by atoms with Crippen molar-refractivity contribution in [1.29, 1.82) is 0 Å². The van der Waals surface area contributed by atoms with Crippen molar-refractivity contribution in [2.24, 2.45) is 0 Å². The van der Waals surface area contributed by atoms with Crippen LogP contribution in [0.4, 0.5) is 24.7 Å². The first kappa shape index (κ1) is 18.9. The van der Waals surface area contributed by atoms with E-state index in [9.17, 15) is 13.2 Å². The summed E-state index contributed by atoms with van der Waals surface area (Å²) in [5.41, 5.74) is 1.41. The van der Waals surface area contributed by atoms with Gasteiger partial charge in [0, 0.05) is 19.2 Å². The number of para-hydroxylation sites is 1. The molecule has 8 heteroatoms. The topological polar surface area (TPSA) is 38.6 Å². The minimum absolute atomic E-state index is 0.0683. The number of methoxy groups -OCH3 is 1. The van der Waals surface area contributed by atoms with Crippen LogP contribution in [-0.4, -0.2) is 22.6 Å². The number of ether oxygens (including phenoxy) is 1. The normalized spacial score (nSPS) is 17.1. The zero-order valence-electron chi connectivity index (χ0n) is 15.8. The molecule has 4 aromatic rings. The summed E-state index contributed by atoms with van der Waals surface area (Å²) >= 11 is 1.42. The minimum Gasteiger partial charge on any atom is -0.377 e. The summed E-state index contributed by atoms with van der Waals surface area (Å²) in [5, 5.41) is 3.18. The van der Waals surface area contributed by atoms with Gasteiger partial charge in [0.05, 0.1) is 21.9 Å². The zero-order valence-corrected chi connectivity index (χ0v) is 16.6. The van der Waals surface area contributed by atoms with Gasteiger partial charge in [0.1, 0.15) is 29.0 Å². The van der Waals surface area contributed by atoms with Gasteiger partial charge in [0.25, 0.3) is 0 Å². The Balaban J connectivity index is 1.74. The third-order valence-corrected chi connectivity index (χ3v) is 6.04. The highest BCUT2D eigenvalue weighted by Crippen LogP contribution is 2.42. The van der Waals surface area contributed by atoms with Gasteiger partial charge >= 0.3 is 0 Å². The van der Waals surface area contributed by atoms with E-state index < -0.39 is 17.8 Å². The van der Waals surface area contributed by atoms with E-state index in [-0.39, 0.29) is 23.5 Å². The van der Waals surface area contributed by atoms with Gasteiger partial charge in [-0.2, -0.15) is 0 Å². The Morgan fingerprint density at radius 3 is 2.60 bits per heavy atom. The Bertz CT molecular complexity index is 1320. The van der Waals surface area contributed by atoms with E-state index in [4.69, 9.17) is 4.74 Å². The summed E-state index contributed by atoms with van der Waals surface area (Å²) in [6, 6.07) is 13.4. The predicted octanol–water partition coefficient (Wildman–Crippen LogP) is 6.38. The van der Waals surface area contributed by atoms with Gasteiger partial charge in [0.2, 0.25) is 0 Å². The van der Waals surface area contributed by atoms with Gasteiger partial charge < -0.3 is 10.1 Å². The molecular formula is C22H16F3N3OS. The first-order chi connectivity index (χ1) is 14.5.